The van der Waals surface area contributed by atoms with Gasteiger partial charge in [0.2, 0.25) is 0 Å². The summed E-state index contributed by atoms with van der Waals surface area (Å²) in [4.78, 5) is 11.2. The van der Waals surface area contributed by atoms with Gasteiger partial charge in [0.15, 0.2) is 6.29 Å². The lowest BCUT2D eigenvalue weighted by atomic mass is 10.2. The minimum Gasteiger partial charge on any atom is -0.334 e. The Hall–Kier alpha value is -2.42. The molecule has 3 heteroatoms. The molecule has 0 aliphatic heterocycles. The molecule has 0 fully saturated rings. The van der Waals surface area contributed by atoms with Gasteiger partial charge in [0.25, 0.3) is 0 Å². The van der Waals surface area contributed by atoms with Gasteiger partial charge in [-0.2, -0.15) is 0 Å². The number of fused-ring (bicyclic) bond motifs is 1. The third kappa shape index (κ3) is 2.03. The molecule has 1 aromatic heterocycles. The van der Waals surface area contributed by atoms with Crippen LogP contribution in [0.5, 0.6) is 0 Å². The van der Waals surface area contributed by atoms with Gasteiger partial charge in [0, 0.05) is 16.5 Å². The molecule has 0 aliphatic rings. The van der Waals surface area contributed by atoms with Gasteiger partial charge in [0.05, 0.1) is 12.2 Å². The van der Waals surface area contributed by atoms with Gasteiger partial charge < -0.3 is 4.57 Å². The molecule has 0 atom stereocenters. The minimum atomic E-state index is -0.253. The Morgan fingerprint density at radius 3 is 2.58 bits per heavy atom. The van der Waals surface area contributed by atoms with Crippen molar-refractivity contribution < 1.29 is 9.18 Å². The van der Waals surface area contributed by atoms with Crippen LogP contribution < -0.4 is 0 Å². The molecule has 0 saturated heterocycles. The maximum atomic E-state index is 13.7. The van der Waals surface area contributed by atoms with Crippen LogP contribution in [0.2, 0.25) is 0 Å². The molecule has 2 aromatic carbocycles. The SMILES string of the molecule is O=Cc1cc2ccccc2n1Cc1ccccc1F. The largest absolute Gasteiger partial charge is 0.334 e. The highest BCUT2D eigenvalue weighted by Crippen LogP contribution is 2.21. The second-order valence-electron chi connectivity index (χ2n) is 4.42. The number of benzene rings is 2. The van der Waals surface area contributed by atoms with Gasteiger partial charge in [-0.3, -0.25) is 4.79 Å². The first-order valence-electron chi connectivity index (χ1n) is 6.06. The quantitative estimate of drug-likeness (QED) is 0.653. The lowest BCUT2D eigenvalue weighted by Crippen LogP contribution is -2.05. The number of nitrogens with zero attached hydrogens (tertiary/aromatic N) is 1. The molecule has 0 unspecified atom stereocenters. The van der Waals surface area contributed by atoms with Gasteiger partial charge in [0.1, 0.15) is 5.82 Å². The zero-order valence-corrected chi connectivity index (χ0v) is 10.2. The second-order valence-corrected chi connectivity index (χ2v) is 4.42. The summed E-state index contributed by atoms with van der Waals surface area (Å²) in [5, 5.41) is 0.987. The summed E-state index contributed by atoms with van der Waals surface area (Å²) in [6.07, 6.45) is 0.806. The molecule has 1 heterocycles. The zero-order chi connectivity index (χ0) is 13.2. The molecule has 0 bridgehead atoms. The molecule has 19 heavy (non-hydrogen) atoms. The highest BCUT2D eigenvalue weighted by atomic mass is 19.1. The van der Waals surface area contributed by atoms with Crippen LogP contribution in [0.3, 0.4) is 0 Å². The standard InChI is InChI=1S/C16H12FNO/c17-15-7-3-1-6-13(15)10-18-14(11-19)9-12-5-2-4-8-16(12)18/h1-9,11H,10H2. The van der Waals surface area contributed by atoms with Crippen molar-refractivity contribution in [3.63, 3.8) is 0 Å². The van der Waals surface area contributed by atoms with Crippen LogP contribution in [0.25, 0.3) is 10.9 Å². The van der Waals surface area contributed by atoms with Crippen LogP contribution >= 0.6 is 0 Å². The van der Waals surface area contributed by atoms with Crippen molar-refractivity contribution in [2.24, 2.45) is 0 Å². The lowest BCUT2D eigenvalue weighted by molar-refractivity contribution is 0.111. The highest BCUT2D eigenvalue weighted by Gasteiger charge is 2.09. The van der Waals surface area contributed by atoms with Crippen molar-refractivity contribution in [1.29, 1.82) is 0 Å². The molecular weight excluding hydrogens is 241 g/mol. The van der Waals surface area contributed by atoms with Crippen molar-refractivity contribution in [3.8, 4) is 0 Å². The van der Waals surface area contributed by atoms with E-state index in [0.717, 1.165) is 17.2 Å². The molecule has 0 amide bonds. The van der Waals surface area contributed by atoms with Crippen molar-refractivity contribution >= 4 is 17.2 Å². The number of aldehydes is 1. The Morgan fingerprint density at radius 2 is 1.79 bits per heavy atom. The molecule has 2 nitrogen and oxygen atoms in total. The summed E-state index contributed by atoms with van der Waals surface area (Å²) in [6.45, 7) is 0.355. The molecule has 0 saturated carbocycles. The molecule has 0 radical (unpaired) electrons. The van der Waals surface area contributed by atoms with Crippen LogP contribution in [-0.4, -0.2) is 10.9 Å². The topological polar surface area (TPSA) is 22.0 Å². The fourth-order valence-electron chi connectivity index (χ4n) is 2.30. The highest BCUT2D eigenvalue weighted by molar-refractivity contribution is 5.89. The summed E-state index contributed by atoms with van der Waals surface area (Å²) in [5.74, 6) is -0.253. The Labute approximate surface area is 110 Å². The number of carbonyl (C=O) groups excluding carboxylic acids is 1. The summed E-state index contributed by atoms with van der Waals surface area (Å²) in [7, 11) is 0. The normalized spacial score (nSPS) is 10.8. The number of hydrogen-bond donors (Lipinski definition) is 0. The number of carbonyl (C=O) groups is 1. The molecule has 0 aliphatic carbocycles. The molecular formula is C16H12FNO. The summed E-state index contributed by atoms with van der Waals surface area (Å²) in [5.41, 5.74) is 2.07. The third-order valence-electron chi connectivity index (χ3n) is 3.25. The maximum Gasteiger partial charge on any atom is 0.166 e. The monoisotopic (exact) mass is 253 g/mol. The number of rotatable bonds is 3. The third-order valence-corrected chi connectivity index (χ3v) is 3.25. The van der Waals surface area contributed by atoms with E-state index >= 15 is 0 Å². The van der Waals surface area contributed by atoms with E-state index in [0.29, 0.717) is 17.8 Å². The predicted molar refractivity (Wildman–Crippen MR) is 72.8 cm³/mol. The number of aromatic nitrogens is 1. The van der Waals surface area contributed by atoms with Crippen LogP contribution in [0.15, 0.2) is 54.6 Å². The number of halogens is 1. The van der Waals surface area contributed by atoms with Gasteiger partial charge in [-0.05, 0) is 18.2 Å². The second kappa shape index (κ2) is 4.69. The summed E-state index contributed by atoms with van der Waals surface area (Å²) >= 11 is 0. The number of hydrogen-bond acceptors (Lipinski definition) is 1. The van der Waals surface area contributed by atoms with E-state index in [-0.39, 0.29) is 5.82 Å². The van der Waals surface area contributed by atoms with E-state index in [2.05, 4.69) is 0 Å². The van der Waals surface area contributed by atoms with Crippen LogP contribution in [0.1, 0.15) is 16.1 Å². The maximum absolute atomic E-state index is 13.7. The predicted octanol–water partition coefficient (Wildman–Crippen LogP) is 3.64. The fraction of sp³-hybridized carbons (Fsp3) is 0.0625. The Balaban J connectivity index is 2.14. The van der Waals surface area contributed by atoms with Crippen LogP contribution in [-0.2, 0) is 6.54 Å². The van der Waals surface area contributed by atoms with Gasteiger partial charge in [-0.25, -0.2) is 4.39 Å². The van der Waals surface area contributed by atoms with E-state index in [9.17, 15) is 9.18 Å². The molecule has 3 rings (SSSR count). The van der Waals surface area contributed by atoms with Crippen LogP contribution in [0.4, 0.5) is 4.39 Å². The minimum absolute atomic E-state index is 0.253. The summed E-state index contributed by atoms with van der Waals surface area (Å²) < 4.78 is 15.5. The van der Waals surface area contributed by atoms with Gasteiger partial charge >= 0.3 is 0 Å². The van der Waals surface area contributed by atoms with Crippen molar-refractivity contribution in [2.75, 3.05) is 0 Å². The van der Waals surface area contributed by atoms with Crippen LogP contribution in [0, 0.1) is 5.82 Å². The molecule has 94 valence electrons. The first kappa shape index (κ1) is 11.7. The van der Waals surface area contributed by atoms with E-state index in [4.69, 9.17) is 0 Å². The smallest absolute Gasteiger partial charge is 0.166 e. The Bertz CT molecular complexity index is 745. The fourth-order valence-corrected chi connectivity index (χ4v) is 2.30. The van der Waals surface area contributed by atoms with E-state index in [1.54, 1.807) is 18.2 Å². The molecule has 0 spiro atoms. The molecule has 0 N–H and O–H groups in total. The lowest BCUT2D eigenvalue weighted by Gasteiger charge is -2.08. The van der Waals surface area contributed by atoms with Gasteiger partial charge in [-0.15, -0.1) is 0 Å². The van der Waals surface area contributed by atoms with E-state index < -0.39 is 0 Å². The summed E-state index contributed by atoms with van der Waals surface area (Å²) in [6, 6.07) is 16.2. The van der Waals surface area contributed by atoms with Crippen molar-refractivity contribution in [2.45, 2.75) is 6.54 Å². The van der Waals surface area contributed by atoms with E-state index in [1.807, 2.05) is 34.9 Å². The van der Waals surface area contributed by atoms with Crippen molar-refractivity contribution in [3.05, 3.63) is 71.7 Å². The average Bonchev–Trinajstić information content (AvgIpc) is 2.79. The average molecular weight is 253 g/mol. The number of para-hydroxylation sites is 1. The van der Waals surface area contributed by atoms with Crippen molar-refractivity contribution in [1.82, 2.24) is 4.57 Å². The Kier molecular flexibility index (Phi) is 2.88. The first-order valence-corrected chi connectivity index (χ1v) is 6.06. The molecule has 3 aromatic rings. The zero-order valence-electron chi connectivity index (χ0n) is 10.2. The first-order chi connectivity index (χ1) is 9.29. The van der Waals surface area contributed by atoms with Gasteiger partial charge in [-0.1, -0.05) is 36.4 Å². The van der Waals surface area contributed by atoms with E-state index in [1.165, 1.54) is 6.07 Å². The Morgan fingerprint density at radius 1 is 1.05 bits per heavy atom.